The number of anilines is 2. The topological polar surface area (TPSA) is 91.5 Å². The summed E-state index contributed by atoms with van der Waals surface area (Å²) in [5, 5.41) is 26.8. The van der Waals surface area contributed by atoms with E-state index in [2.05, 4.69) is 38.9 Å². The minimum Gasteiger partial charge on any atom is -0.380 e. The van der Waals surface area contributed by atoms with Gasteiger partial charge in [-0.15, -0.1) is 5.10 Å². The number of halogens is 2. The molecule has 2 fully saturated rings. The number of hydrogen-bond acceptors (Lipinski definition) is 6. The zero-order valence-electron chi connectivity index (χ0n) is 21.7. The Labute approximate surface area is 233 Å². The summed E-state index contributed by atoms with van der Waals surface area (Å²) >= 11 is 6.76. The minimum absolute atomic E-state index is 0.247. The quantitative estimate of drug-likeness (QED) is 0.268. The standard InChI is InChI=1S/C29H28BClFN7/c1-17-4-2-3-5-25(17)35-27-18(14-33)15-34-28-23(27)12-21(13-24(28)31)36-29(30,19-6-8-20(32)9-7-19)26-16-39(38-37-26)22-10-11-22/h6-9,12-13,15-17,22,25,36H,2-5,10-11H2,1H3,(H,34,35). The summed E-state index contributed by atoms with van der Waals surface area (Å²) in [4.78, 5) is 4.50. The highest BCUT2D eigenvalue weighted by Gasteiger charge is 2.34. The van der Waals surface area contributed by atoms with Gasteiger partial charge in [-0.1, -0.05) is 48.7 Å². The Kier molecular flexibility index (Phi) is 6.68. The van der Waals surface area contributed by atoms with E-state index < -0.39 is 5.44 Å². The van der Waals surface area contributed by atoms with Crippen molar-refractivity contribution in [3.8, 4) is 6.07 Å². The molecule has 4 aromatic rings. The van der Waals surface area contributed by atoms with Gasteiger partial charge in [0.05, 0.1) is 39.5 Å². The van der Waals surface area contributed by atoms with Crippen molar-refractivity contribution in [2.24, 2.45) is 5.92 Å². The molecule has 3 unspecified atom stereocenters. The van der Waals surface area contributed by atoms with Crippen molar-refractivity contribution in [3.05, 3.63) is 76.5 Å². The van der Waals surface area contributed by atoms with Gasteiger partial charge in [0.25, 0.3) is 0 Å². The molecule has 39 heavy (non-hydrogen) atoms. The summed E-state index contributed by atoms with van der Waals surface area (Å²) in [7, 11) is 7.04. The largest absolute Gasteiger partial charge is 0.380 e. The first-order valence-corrected chi connectivity index (χ1v) is 13.8. The fraction of sp³-hybridized carbons (Fsp3) is 0.379. The maximum atomic E-state index is 13.8. The molecule has 0 bridgehead atoms. The van der Waals surface area contributed by atoms with E-state index in [9.17, 15) is 9.65 Å². The Bertz CT molecular complexity index is 1560. The van der Waals surface area contributed by atoms with Crippen LogP contribution in [0.3, 0.4) is 0 Å². The highest BCUT2D eigenvalue weighted by molar-refractivity contribution is 6.36. The molecule has 2 radical (unpaired) electrons. The molecule has 0 aliphatic heterocycles. The van der Waals surface area contributed by atoms with Crippen LogP contribution in [0, 0.1) is 23.1 Å². The van der Waals surface area contributed by atoms with Gasteiger partial charge in [0.1, 0.15) is 25.4 Å². The van der Waals surface area contributed by atoms with Crippen molar-refractivity contribution in [3.63, 3.8) is 0 Å². The normalized spacial score (nSPS) is 20.8. The highest BCUT2D eigenvalue weighted by atomic mass is 35.5. The molecule has 0 saturated heterocycles. The van der Waals surface area contributed by atoms with E-state index in [1.54, 1.807) is 24.4 Å². The molecule has 3 atom stereocenters. The number of fused-ring (bicyclic) bond motifs is 1. The number of pyridine rings is 1. The third-order valence-corrected chi connectivity index (χ3v) is 8.25. The van der Waals surface area contributed by atoms with E-state index in [0.29, 0.717) is 45.0 Å². The summed E-state index contributed by atoms with van der Waals surface area (Å²) < 4.78 is 15.7. The predicted molar refractivity (Wildman–Crippen MR) is 151 cm³/mol. The van der Waals surface area contributed by atoms with Crippen LogP contribution in [0.15, 0.2) is 48.8 Å². The summed E-state index contributed by atoms with van der Waals surface area (Å²) in [5.41, 5.74) is 2.16. The zero-order chi connectivity index (χ0) is 27.1. The second kappa shape index (κ2) is 10.2. The number of nitrogens with zero attached hydrogens (tertiary/aromatic N) is 5. The molecule has 6 rings (SSSR count). The Morgan fingerprint density at radius 3 is 2.64 bits per heavy atom. The number of rotatable bonds is 7. The van der Waals surface area contributed by atoms with Crippen LogP contribution in [0.4, 0.5) is 15.8 Å². The fourth-order valence-corrected chi connectivity index (χ4v) is 5.76. The van der Waals surface area contributed by atoms with Gasteiger partial charge in [-0.25, -0.2) is 9.07 Å². The average Bonchev–Trinajstić information content (AvgIpc) is 3.66. The second-order valence-corrected chi connectivity index (χ2v) is 11.2. The molecule has 2 saturated carbocycles. The smallest absolute Gasteiger partial charge is 0.123 e. The lowest BCUT2D eigenvalue weighted by atomic mass is 9.69. The maximum Gasteiger partial charge on any atom is 0.123 e. The van der Waals surface area contributed by atoms with Crippen LogP contribution in [-0.4, -0.2) is 33.9 Å². The van der Waals surface area contributed by atoms with Gasteiger partial charge in [0.2, 0.25) is 0 Å². The Morgan fingerprint density at radius 1 is 1.15 bits per heavy atom. The fourth-order valence-electron chi connectivity index (χ4n) is 5.49. The molecule has 2 aromatic heterocycles. The summed E-state index contributed by atoms with van der Waals surface area (Å²) in [5.74, 6) is 0.119. The summed E-state index contributed by atoms with van der Waals surface area (Å²) in [6.07, 6.45) is 10.1. The molecular formula is C29H28BClFN7. The van der Waals surface area contributed by atoms with Crippen LogP contribution in [-0.2, 0) is 5.44 Å². The lowest BCUT2D eigenvalue weighted by Crippen LogP contribution is -2.37. The summed E-state index contributed by atoms with van der Waals surface area (Å²) in [6, 6.07) is 12.5. The van der Waals surface area contributed by atoms with Gasteiger partial charge in [-0.2, -0.15) is 5.26 Å². The Balaban J connectivity index is 1.45. The predicted octanol–water partition coefficient (Wildman–Crippen LogP) is 6.30. The van der Waals surface area contributed by atoms with Crippen LogP contribution in [0.25, 0.3) is 10.9 Å². The molecule has 196 valence electrons. The van der Waals surface area contributed by atoms with Crippen molar-refractivity contribution < 1.29 is 4.39 Å². The van der Waals surface area contributed by atoms with Crippen molar-refractivity contribution >= 4 is 41.7 Å². The number of aromatic nitrogens is 4. The third kappa shape index (κ3) is 4.94. The van der Waals surface area contributed by atoms with Crippen molar-refractivity contribution in [1.82, 2.24) is 20.0 Å². The first-order valence-electron chi connectivity index (χ1n) is 13.4. The molecule has 2 aromatic carbocycles. The van der Waals surface area contributed by atoms with Gasteiger partial charge in [0, 0.05) is 23.3 Å². The summed E-state index contributed by atoms with van der Waals surface area (Å²) in [6.45, 7) is 2.24. The van der Waals surface area contributed by atoms with Crippen LogP contribution in [0.2, 0.25) is 5.02 Å². The zero-order valence-corrected chi connectivity index (χ0v) is 22.4. The molecular weight excluding hydrogens is 512 g/mol. The average molecular weight is 540 g/mol. The molecule has 0 spiro atoms. The third-order valence-electron chi connectivity index (χ3n) is 7.96. The van der Waals surface area contributed by atoms with E-state index in [1.807, 2.05) is 16.9 Å². The second-order valence-electron chi connectivity index (χ2n) is 10.8. The van der Waals surface area contributed by atoms with Crippen LogP contribution >= 0.6 is 11.6 Å². The van der Waals surface area contributed by atoms with Crippen molar-refractivity contribution in [1.29, 1.82) is 5.26 Å². The van der Waals surface area contributed by atoms with Crippen LogP contribution in [0.5, 0.6) is 0 Å². The molecule has 2 aliphatic carbocycles. The Morgan fingerprint density at radius 2 is 1.92 bits per heavy atom. The van der Waals surface area contributed by atoms with Gasteiger partial charge in [0.15, 0.2) is 0 Å². The van der Waals surface area contributed by atoms with E-state index in [1.165, 1.54) is 18.6 Å². The number of hydrogen-bond donors (Lipinski definition) is 2. The van der Waals surface area contributed by atoms with Crippen molar-refractivity contribution in [2.75, 3.05) is 10.6 Å². The van der Waals surface area contributed by atoms with Gasteiger partial charge >= 0.3 is 0 Å². The first kappa shape index (κ1) is 25.6. The molecule has 10 heteroatoms. The monoisotopic (exact) mass is 539 g/mol. The minimum atomic E-state index is -1.33. The molecule has 2 N–H and O–H groups in total. The van der Waals surface area contributed by atoms with Crippen molar-refractivity contribution in [2.45, 2.75) is 63.0 Å². The first-order chi connectivity index (χ1) is 18.9. The highest BCUT2D eigenvalue weighted by Crippen LogP contribution is 2.39. The lowest BCUT2D eigenvalue weighted by Gasteiger charge is -2.32. The molecule has 2 heterocycles. The molecule has 2 aliphatic rings. The van der Waals surface area contributed by atoms with E-state index in [4.69, 9.17) is 19.4 Å². The number of nitrogens with one attached hydrogen (secondary N) is 2. The van der Waals surface area contributed by atoms with E-state index >= 15 is 0 Å². The SMILES string of the molecule is [B]C(Nc1cc(Cl)c2ncc(C#N)c(NC3CCCCC3C)c2c1)(c1ccc(F)cc1)c1cn(C2CC2)nn1. The number of benzene rings is 2. The Hall–Kier alpha value is -3.64. The van der Waals surface area contributed by atoms with Crippen LogP contribution in [0.1, 0.15) is 68.3 Å². The maximum absolute atomic E-state index is 13.8. The van der Waals surface area contributed by atoms with Gasteiger partial charge in [-0.3, -0.25) is 4.98 Å². The van der Waals surface area contributed by atoms with Gasteiger partial charge in [-0.05, 0) is 61.4 Å². The van der Waals surface area contributed by atoms with E-state index in [0.717, 1.165) is 43.2 Å². The van der Waals surface area contributed by atoms with Gasteiger partial charge < -0.3 is 10.6 Å². The van der Waals surface area contributed by atoms with Crippen LogP contribution < -0.4 is 10.6 Å². The lowest BCUT2D eigenvalue weighted by molar-refractivity contribution is 0.349. The number of nitriles is 1. The molecule has 0 amide bonds. The van der Waals surface area contributed by atoms with E-state index in [-0.39, 0.29) is 11.9 Å². The molecule has 7 nitrogen and oxygen atoms in total.